The lowest BCUT2D eigenvalue weighted by Gasteiger charge is -2.16. The largest absolute Gasteiger partial charge is 0.328 e. The summed E-state index contributed by atoms with van der Waals surface area (Å²) in [5.74, 6) is 1.01. The van der Waals surface area contributed by atoms with Crippen LogP contribution in [0.4, 0.5) is 0 Å². The summed E-state index contributed by atoms with van der Waals surface area (Å²) < 4.78 is 4.25. The predicted molar refractivity (Wildman–Crippen MR) is 97.5 cm³/mol. The first kappa shape index (κ1) is 14.9. The molecule has 4 rings (SSSR count). The topological polar surface area (TPSA) is 35.6 Å². The van der Waals surface area contributed by atoms with E-state index in [9.17, 15) is 0 Å². The van der Waals surface area contributed by atoms with Gasteiger partial charge in [-0.15, -0.1) is 0 Å². The van der Waals surface area contributed by atoms with Gasteiger partial charge < -0.3 is 9.13 Å². The molecular formula is C19H18N4S. The molecule has 4 aromatic rings. The molecule has 5 heteroatoms. The van der Waals surface area contributed by atoms with Gasteiger partial charge in [0, 0.05) is 42.1 Å². The lowest BCUT2D eigenvalue weighted by atomic mass is 10.1. The standard InChI is InChI=1S/C19H18N4S/c1-15(12-16-6-11-24-13-16)23-10-8-21-19(23)17-2-4-18(5-3-17)22-9-7-20-14-22/h2-11,13-15H,12H2,1H3/t15-/m1/s1. The molecule has 0 aliphatic rings. The lowest BCUT2D eigenvalue weighted by Crippen LogP contribution is -2.08. The molecule has 1 atom stereocenters. The van der Waals surface area contributed by atoms with Crippen LogP contribution in [0, 0.1) is 0 Å². The Kier molecular flexibility index (Phi) is 4.01. The highest BCUT2D eigenvalue weighted by Gasteiger charge is 2.12. The molecule has 1 aromatic carbocycles. The number of aromatic nitrogens is 4. The molecule has 120 valence electrons. The molecule has 0 aliphatic heterocycles. The zero-order valence-corrected chi connectivity index (χ0v) is 14.2. The number of rotatable bonds is 5. The predicted octanol–water partition coefficient (Wildman–Crippen LogP) is 4.60. The molecule has 0 saturated carbocycles. The van der Waals surface area contributed by atoms with Crippen molar-refractivity contribution in [1.82, 2.24) is 19.1 Å². The van der Waals surface area contributed by atoms with Crippen molar-refractivity contribution < 1.29 is 0 Å². The Morgan fingerprint density at radius 2 is 1.96 bits per heavy atom. The van der Waals surface area contributed by atoms with E-state index in [4.69, 9.17) is 0 Å². The Labute approximate surface area is 145 Å². The van der Waals surface area contributed by atoms with Crippen molar-refractivity contribution in [2.75, 3.05) is 0 Å². The second-order valence-corrected chi connectivity index (χ2v) is 6.64. The van der Waals surface area contributed by atoms with Gasteiger partial charge in [-0.3, -0.25) is 0 Å². The molecule has 4 nitrogen and oxygen atoms in total. The van der Waals surface area contributed by atoms with Gasteiger partial charge >= 0.3 is 0 Å². The Hall–Kier alpha value is -2.66. The molecular weight excluding hydrogens is 316 g/mol. The molecule has 0 radical (unpaired) electrons. The maximum Gasteiger partial charge on any atom is 0.140 e. The number of hydrogen-bond donors (Lipinski definition) is 0. The average molecular weight is 334 g/mol. The third kappa shape index (κ3) is 2.90. The summed E-state index contributed by atoms with van der Waals surface area (Å²) in [5, 5.41) is 4.35. The second-order valence-electron chi connectivity index (χ2n) is 5.86. The molecule has 0 amide bonds. The van der Waals surface area contributed by atoms with Gasteiger partial charge in [-0.2, -0.15) is 11.3 Å². The Bertz CT molecular complexity index is 889. The van der Waals surface area contributed by atoms with Crippen molar-refractivity contribution >= 4 is 11.3 Å². The van der Waals surface area contributed by atoms with Gasteiger partial charge in [-0.25, -0.2) is 9.97 Å². The average Bonchev–Trinajstić information content (AvgIpc) is 3.36. The summed E-state index contributed by atoms with van der Waals surface area (Å²) in [6.07, 6.45) is 10.5. The smallest absolute Gasteiger partial charge is 0.140 e. The van der Waals surface area contributed by atoms with E-state index in [0.717, 1.165) is 23.5 Å². The van der Waals surface area contributed by atoms with Crippen molar-refractivity contribution in [3.63, 3.8) is 0 Å². The molecule has 3 heterocycles. The monoisotopic (exact) mass is 334 g/mol. The maximum absolute atomic E-state index is 4.58. The van der Waals surface area contributed by atoms with E-state index < -0.39 is 0 Å². The van der Waals surface area contributed by atoms with Crippen LogP contribution in [0.25, 0.3) is 17.1 Å². The number of hydrogen-bond acceptors (Lipinski definition) is 3. The zero-order chi connectivity index (χ0) is 16.4. The van der Waals surface area contributed by atoms with E-state index in [1.165, 1.54) is 5.56 Å². The highest BCUT2D eigenvalue weighted by molar-refractivity contribution is 7.07. The van der Waals surface area contributed by atoms with Crippen LogP contribution in [0.2, 0.25) is 0 Å². The van der Waals surface area contributed by atoms with E-state index in [1.54, 1.807) is 23.9 Å². The molecule has 0 saturated heterocycles. The van der Waals surface area contributed by atoms with Crippen LogP contribution < -0.4 is 0 Å². The van der Waals surface area contributed by atoms with E-state index >= 15 is 0 Å². The first-order valence-electron chi connectivity index (χ1n) is 7.94. The van der Waals surface area contributed by atoms with E-state index in [-0.39, 0.29) is 0 Å². The molecule has 0 spiro atoms. The van der Waals surface area contributed by atoms with Crippen LogP contribution in [-0.2, 0) is 6.42 Å². The number of nitrogens with zero attached hydrogens (tertiary/aromatic N) is 4. The van der Waals surface area contributed by atoms with Crippen LogP contribution >= 0.6 is 11.3 Å². The molecule has 0 N–H and O–H groups in total. The summed E-state index contributed by atoms with van der Waals surface area (Å²) in [5.41, 5.74) is 3.60. The fourth-order valence-electron chi connectivity index (χ4n) is 2.94. The summed E-state index contributed by atoms with van der Waals surface area (Å²) >= 11 is 1.75. The first-order chi connectivity index (χ1) is 11.8. The molecule has 24 heavy (non-hydrogen) atoms. The molecule has 0 bridgehead atoms. The summed E-state index contributed by atoms with van der Waals surface area (Å²) in [6, 6.07) is 11.0. The summed E-state index contributed by atoms with van der Waals surface area (Å²) in [7, 11) is 0. The van der Waals surface area contributed by atoms with Crippen LogP contribution in [0.15, 0.2) is 72.2 Å². The van der Waals surface area contributed by atoms with Crippen LogP contribution in [0.1, 0.15) is 18.5 Å². The van der Waals surface area contributed by atoms with Gasteiger partial charge in [-0.05, 0) is 60.0 Å². The van der Waals surface area contributed by atoms with Gasteiger partial charge in [-0.1, -0.05) is 0 Å². The van der Waals surface area contributed by atoms with Gasteiger partial charge in [0.05, 0.1) is 6.33 Å². The van der Waals surface area contributed by atoms with Crippen molar-refractivity contribution in [3.8, 4) is 17.1 Å². The fraction of sp³-hybridized carbons (Fsp3) is 0.158. The van der Waals surface area contributed by atoms with E-state index in [0.29, 0.717) is 6.04 Å². The van der Waals surface area contributed by atoms with Crippen LogP contribution in [0.3, 0.4) is 0 Å². The van der Waals surface area contributed by atoms with E-state index in [2.05, 4.69) is 68.7 Å². The molecule has 0 fully saturated rings. The fourth-order valence-corrected chi connectivity index (χ4v) is 3.62. The van der Waals surface area contributed by atoms with Crippen LogP contribution in [0.5, 0.6) is 0 Å². The second kappa shape index (κ2) is 6.45. The van der Waals surface area contributed by atoms with Gasteiger partial charge in [0.1, 0.15) is 5.82 Å². The maximum atomic E-state index is 4.58. The number of thiophene rings is 1. The minimum atomic E-state index is 0.366. The SMILES string of the molecule is C[C@H](Cc1ccsc1)n1ccnc1-c1ccc(-n2ccnc2)cc1. The van der Waals surface area contributed by atoms with Crippen molar-refractivity contribution in [2.45, 2.75) is 19.4 Å². The molecule has 0 aliphatic carbocycles. The van der Waals surface area contributed by atoms with Crippen molar-refractivity contribution in [1.29, 1.82) is 0 Å². The van der Waals surface area contributed by atoms with Crippen molar-refractivity contribution in [3.05, 3.63) is 77.8 Å². The minimum absolute atomic E-state index is 0.366. The third-order valence-electron chi connectivity index (χ3n) is 4.18. The lowest BCUT2D eigenvalue weighted by molar-refractivity contribution is 0.550. The normalized spacial score (nSPS) is 12.4. The Morgan fingerprint density at radius 3 is 2.67 bits per heavy atom. The molecule has 0 unspecified atom stereocenters. The summed E-state index contributed by atoms with van der Waals surface area (Å²) in [4.78, 5) is 8.67. The Balaban J connectivity index is 1.60. The van der Waals surface area contributed by atoms with E-state index in [1.807, 2.05) is 17.0 Å². The van der Waals surface area contributed by atoms with Gasteiger partial charge in [0.2, 0.25) is 0 Å². The highest BCUT2D eigenvalue weighted by Crippen LogP contribution is 2.25. The summed E-state index contributed by atoms with van der Waals surface area (Å²) in [6.45, 7) is 2.24. The quantitative estimate of drug-likeness (QED) is 0.535. The van der Waals surface area contributed by atoms with Crippen molar-refractivity contribution in [2.24, 2.45) is 0 Å². The zero-order valence-electron chi connectivity index (χ0n) is 13.4. The number of imidazole rings is 2. The van der Waals surface area contributed by atoms with Gasteiger partial charge in [0.15, 0.2) is 0 Å². The number of benzene rings is 1. The first-order valence-corrected chi connectivity index (χ1v) is 8.88. The molecule has 3 aromatic heterocycles. The van der Waals surface area contributed by atoms with Gasteiger partial charge in [0.25, 0.3) is 0 Å². The minimum Gasteiger partial charge on any atom is -0.328 e. The third-order valence-corrected chi connectivity index (χ3v) is 4.91. The Morgan fingerprint density at radius 1 is 1.08 bits per heavy atom. The highest BCUT2D eigenvalue weighted by atomic mass is 32.1. The van der Waals surface area contributed by atoms with Crippen LogP contribution in [-0.4, -0.2) is 19.1 Å².